The quantitative estimate of drug-likeness (QED) is 0.762. The molecular formula is C15H22ClN3O2S. The molecule has 122 valence electrons. The van der Waals surface area contributed by atoms with Crippen LogP contribution in [-0.2, 0) is 16.1 Å². The van der Waals surface area contributed by atoms with Crippen LogP contribution in [0.1, 0.15) is 18.9 Å². The van der Waals surface area contributed by atoms with Crippen LogP contribution in [0.2, 0.25) is 0 Å². The summed E-state index contributed by atoms with van der Waals surface area (Å²) in [5, 5.41) is 9.00. The van der Waals surface area contributed by atoms with Crippen LogP contribution in [0.4, 0.5) is 5.69 Å². The maximum Gasteiger partial charge on any atom is 0.221 e. The Labute approximate surface area is 141 Å². The van der Waals surface area contributed by atoms with Crippen LogP contribution in [-0.4, -0.2) is 35.9 Å². The van der Waals surface area contributed by atoms with E-state index in [4.69, 9.17) is 0 Å². The van der Waals surface area contributed by atoms with Crippen molar-refractivity contribution in [2.45, 2.75) is 25.9 Å². The lowest BCUT2D eigenvalue weighted by molar-refractivity contribution is -0.121. The molecule has 22 heavy (non-hydrogen) atoms. The predicted octanol–water partition coefficient (Wildman–Crippen LogP) is 1.78. The lowest BCUT2D eigenvalue weighted by Crippen LogP contribution is -2.41. The van der Waals surface area contributed by atoms with Gasteiger partial charge in [-0.1, -0.05) is 12.1 Å². The topological polar surface area (TPSA) is 70.2 Å². The van der Waals surface area contributed by atoms with Gasteiger partial charge in [-0.3, -0.25) is 9.59 Å². The van der Waals surface area contributed by atoms with Gasteiger partial charge in [0.25, 0.3) is 0 Å². The van der Waals surface area contributed by atoms with Gasteiger partial charge in [-0.05, 0) is 17.7 Å². The minimum Gasteiger partial charge on any atom is -0.352 e. The van der Waals surface area contributed by atoms with Crippen LogP contribution in [0.15, 0.2) is 24.3 Å². The zero-order valence-corrected chi connectivity index (χ0v) is 14.2. The number of hydrogen-bond donors (Lipinski definition) is 3. The van der Waals surface area contributed by atoms with E-state index in [0.717, 1.165) is 29.3 Å². The third-order valence-electron chi connectivity index (χ3n) is 3.19. The summed E-state index contributed by atoms with van der Waals surface area (Å²) in [4.78, 5) is 22.8. The number of hydrogen-bond acceptors (Lipinski definition) is 4. The third-order valence-corrected chi connectivity index (χ3v) is 4.33. The minimum absolute atomic E-state index is 0. The second-order valence-electron chi connectivity index (χ2n) is 5.08. The maximum atomic E-state index is 11.9. The van der Waals surface area contributed by atoms with Gasteiger partial charge in [-0.2, -0.15) is 11.8 Å². The highest BCUT2D eigenvalue weighted by Crippen LogP contribution is 2.11. The van der Waals surface area contributed by atoms with E-state index in [1.807, 2.05) is 36.0 Å². The summed E-state index contributed by atoms with van der Waals surface area (Å²) in [7, 11) is 0. The summed E-state index contributed by atoms with van der Waals surface area (Å²) in [5.41, 5.74) is 1.78. The zero-order valence-electron chi connectivity index (χ0n) is 12.6. The molecule has 1 atom stereocenters. The molecule has 0 aromatic heterocycles. The molecule has 5 nitrogen and oxygen atoms in total. The fourth-order valence-corrected chi connectivity index (χ4v) is 3.11. The van der Waals surface area contributed by atoms with E-state index in [-0.39, 0.29) is 30.3 Å². The number of anilines is 1. The highest BCUT2D eigenvalue weighted by molar-refractivity contribution is 7.99. The molecular weight excluding hydrogens is 322 g/mol. The fraction of sp³-hybridized carbons (Fsp3) is 0.467. The van der Waals surface area contributed by atoms with Gasteiger partial charge in [0, 0.05) is 49.7 Å². The molecule has 7 heteroatoms. The zero-order chi connectivity index (χ0) is 15.1. The summed E-state index contributed by atoms with van der Waals surface area (Å²) in [6.45, 7) is 2.97. The van der Waals surface area contributed by atoms with Gasteiger partial charge in [-0.15, -0.1) is 12.4 Å². The van der Waals surface area contributed by atoms with Gasteiger partial charge in [-0.25, -0.2) is 0 Å². The molecule has 1 aromatic carbocycles. The number of benzene rings is 1. The summed E-state index contributed by atoms with van der Waals surface area (Å²) in [5.74, 6) is 2.10. The van der Waals surface area contributed by atoms with E-state index < -0.39 is 0 Å². The molecule has 0 radical (unpaired) electrons. The lowest BCUT2D eigenvalue weighted by atomic mass is 10.2. The van der Waals surface area contributed by atoms with Crippen molar-refractivity contribution in [3.8, 4) is 0 Å². The average molecular weight is 344 g/mol. The van der Waals surface area contributed by atoms with Gasteiger partial charge in [0.1, 0.15) is 0 Å². The highest BCUT2D eigenvalue weighted by atomic mass is 35.5. The molecule has 1 aromatic rings. The predicted molar refractivity (Wildman–Crippen MR) is 93.6 cm³/mol. The fourth-order valence-electron chi connectivity index (χ4n) is 2.16. The Morgan fingerprint density at radius 3 is 2.64 bits per heavy atom. The lowest BCUT2D eigenvalue weighted by Gasteiger charge is -2.22. The number of halogens is 1. The van der Waals surface area contributed by atoms with Crippen molar-refractivity contribution in [2.75, 3.05) is 23.4 Å². The normalized spacial score (nSPS) is 17.2. The summed E-state index contributed by atoms with van der Waals surface area (Å²) in [6.07, 6.45) is 0.525. The van der Waals surface area contributed by atoms with E-state index in [9.17, 15) is 9.59 Å². The Hall–Kier alpha value is -1.24. The number of carbonyl (C=O) groups is 2. The van der Waals surface area contributed by atoms with Crippen molar-refractivity contribution in [3.63, 3.8) is 0 Å². The second-order valence-corrected chi connectivity index (χ2v) is 6.23. The molecule has 1 fully saturated rings. The number of carbonyl (C=O) groups excluding carboxylic acids is 2. The van der Waals surface area contributed by atoms with Crippen LogP contribution in [0, 0.1) is 0 Å². The number of amides is 2. The number of thioether (sulfide) groups is 1. The Kier molecular flexibility index (Phi) is 8.30. The molecule has 2 rings (SSSR count). The number of rotatable bonds is 5. The summed E-state index contributed by atoms with van der Waals surface area (Å²) >= 11 is 1.89. The third kappa shape index (κ3) is 6.68. The molecule has 1 heterocycles. The SMILES string of the molecule is CC(=O)Nc1ccc(CNC(=O)CC2CSCCN2)cc1.Cl. The van der Waals surface area contributed by atoms with Gasteiger partial charge in [0.15, 0.2) is 0 Å². The van der Waals surface area contributed by atoms with Gasteiger partial charge >= 0.3 is 0 Å². The molecule has 2 amide bonds. The van der Waals surface area contributed by atoms with E-state index in [1.165, 1.54) is 6.92 Å². The van der Waals surface area contributed by atoms with Gasteiger partial charge in [0.2, 0.25) is 11.8 Å². The molecule has 1 aliphatic rings. The van der Waals surface area contributed by atoms with Crippen molar-refractivity contribution >= 4 is 41.7 Å². The molecule has 0 spiro atoms. The first-order valence-electron chi connectivity index (χ1n) is 7.08. The van der Waals surface area contributed by atoms with Crippen LogP contribution >= 0.6 is 24.2 Å². The molecule has 0 saturated carbocycles. The maximum absolute atomic E-state index is 11.9. The van der Waals surface area contributed by atoms with E-state index >= 15 is 0 Å². The minimum atomic E-state index is -0.0890. The van der Waals surface area contributed by atoms with Crippen molar-refractivity contribution in [3.05, 3.63) is 29.8 Å². The van der Waals surface area contributed by atoms with E-state index in [2.05, 4.69) is 16.0 Å². The molecule has 0 bridgehead atoms. The largest absolute Gasteiger partial charge is 0.352 e. The van der Waals surface area contributed by atoms with Crippen LogP contribution in [0.3, 0.4) is 0 Å². The van der Waals surface area contributed by atoms with Gasteiger partial charge < -0.3 is 16.0 Å². The van der Waals surface area contributed by atoms with Crippen molar-refractivity contribution in [1.82, 2.24) is 10.6 Å². The Bertz CT molecular complexity index is 490. The molecule has 0 aliphatic carbocycles. The van der Waals surface area contributed by atoms with Crippen LogP contribution in [0.5, 0.6) is 0 Å². The smallest absolute Gasteiger partial charge is 0.221 e. The first-order chi connectivity index (χ1) is 10.1. The summed E-state index contributed by atoms with van der Waals surface area (Å²) in [6, 6.07) is 7.76. The van der Waals surface area contributed by atoms with Crippen LogP contribution < -0.4 is 16.0 Å². The Morgan fingerprint density at radius 2 is 2.05 bits per heavy atom. The first kappa shape index (κ1) is 18.8. The molecule has 1 aliphatic heterocycles. The standard InChI is InChI=1S/C15H21N3O2S.ClH/c1-11(19)18-13-4-2-12(3-5-13)9-17-15(20)8-14-10-21-7-6-16-14;/h2-5,14,16H,6-10H2,1H3,(H,17,20)(H,18,19);1H. The van der Waals surface area contributed by atoms with Crippen LogP contribution in [0.25, 0.3) is 0 Å². The highest BCUT2D eigenvalue weighted by Gasteiger charge is 2.16. The Balaban J connectivity index is 0.00000242. The first-order valence-corrected chi connectivity index (χ1v) is 8.23. The second kappa shape index (κ2) is 9.71. The molecule has 1 unspecified atom stereocenters. The van der Waals surface area contributed by atoms with E-state index in [1.54, 1.807) is 0 Å². The van der Waals surface area contributed by atoms with E-state index in [0.29, 0.717) is 13.0 Å². The molecule has 1 saturated heterocycles. The average Bonchev–Trinajstić information content (AvgIpc) is 2.47. The number of nitrogens with one attached hydrogen (secondary N) is 3. The van der Waals surface area contributed by atoms with Crippen molar-refractivity contribution < 1.29 is 9.59 Å². The summed E-state index contributed by atoms with van der Waals surface area (Å²) < 4.78 is 0. The van der Waals surface area contributed by atoms with Gasteiger partial charge in [0.05, 0.1) is 0 Å². The van der Waals surface area contributed by atoms with Crippen molar-refractivity contribution in [2.24, 2.45) is 0 Å². The Morgan fingerprint density at radius 1 is 1.32 bits per heavy atom. The monoisotopic (exact) mass is 343 g/mol. The molecule has 3 N–H and O–H groups in total. The van der Waals surface area contributed by atoms with Crippen molar-refractivity contribution in [1.29, 1.82) is 0 Å².